The first kappa shape index (κ1) is 14.9. The lowest BCUT2D eigenvalue weighted by atomic mass is 10.4. The molecule has 0 unspecified atom stereocenters. The first-order valence-corrected chi connectivity index (χ1v) is 9.04. The number of carbonyl (C=O) groups excluding carboxylic acids is 1. The number of unbranched alkanes of at least 4 members (excludes halogenated alkanes) is 1. The lowest BCUT2D eigenvalue weighted by Gasteiger charge is -2.23. The summed E-state index contributed by atoms with van der Waals surface area (Å²) in [7, 11) is -5.02. The molecule has 0 aromatic heterocycles. The van der Waals surface area contributed by atoms with Crippen LogP contribution in [0, 0.1) is 0 Å². The van der Waals surface area contributed by atoms with Crippen molar-refractivity contribution in [2.45, 2.75) is 26.7 Å². The minimum Gasteiger partial charge on any atom is -0.299 e. The molecular formula is C9H21O4S2+. The maximum absolute atomic E-state index is 11.5. The van der Waals surface area contributed by atoms with Crippen molar-refractivity contribution in [1.29, 1.82) is 0 Å². The molecule has 0 atom stereocenters. The van der Waals surface area contributed by atoms with Gasteiger partial charge in [-0.3, -0.25) is 8.42 Å². The predicted octanol–water partition coefficient (Wildman–Crippen LogP) is 1.78. The number of Topliss-reactive ketones (excluding diaryl/α,β-unsaturated/α-hetero) is 1. The lowest BCUT2D eigenvalue weighted by molar-refractivity contribution is -0.114. The Labute approximate surface area is 94.0 Å². The molecule has 0 aliphatic rings. The monoisotopic (exact) mass is 257 g/mol. The fourth-order valence-corrected chi connectivity index (χ4v) is 5.81. The fraction of sp³-hybridized carbons (Fsp3) is 0.889. The van der Waals surface area contributed by atoms with Crippen molar-refractivity contribution in [3.8, 4) is 0 Å². The summed E-state index contributed by atoms with van der Waals surface area (Å²) in [5.74, 6) is 0.334. The van der Waals surface area contributed by atoms with Crippen molar-refractivity contribution in [1.82, 2.24) is 0 Å². The van der Waals surface area contributed by atoms with Gasteiger partial charge in [0.2, 0.25) is 0 Å². The van der Waals surface area contributed by atoms with Crippen LogP contribution in [0.1, 0.15) is 26.7 Å². The largest absolute Gasteiger partial charge is 0.390 e. The summed E-state index contributed by atoms with van der Waals surface area (Å²) in [4.78, 5) is 10.9. The van der Waals surface area contributed by atoms with Crippen LogP contribution in [0.2, 0.25) is 0 Å². The molecule has 0 radical (unpaired) electrons. The molecule has 6 heteroatoms. The van der Waals surface area contributed by atoms with Crippen LogP contribution < -0.4 is 0 Å². The summed E-state index contributed by atoms with van der Waals surface area (Å²) in [6, 6.07) is 0. The predicted molar refractivity (Wildman–Crippen MR) is 66.3 cm³/mol. The SMILES string of the molecule is CCCCS(=O)(=O)[OH+]S(C)(C)CC(C)=O. The lowest BCUT2D eigenvalue weighted by Crippen LogP contribution is -2.22. The molecule has 0 saturated heterocycles. The van der Waals surface area contributed by atoms with Crippen LogP contribution in [0.15, 0.2) is 0 Å². The molecule has 0 aliphatic carbocycles. The average Bonchev–Trinajstić information content (AvgIpc) is 1.95. The van der Waals surface area contributed by atoms with Crippen LogP contribution in [-0.4, -0.2) is 41.8 Å². The van der Waals surface area contributed by atoms with E-state index < -0.39 is 20.4 Å². The Balaban J connectivity index is 4.37. The fourth-order valence-electron chi connectivity index (χ4n) is 1.20. The Morgan fingerprint density at radius 3 is 2.20 bits per heavy atom. The van der Waals surface area contributed by atoms with Crippen LogP contribution in [0.3, 0.4) is 0 Å². The highest BCUT2D eigenvalue weighted by atomic mass is 32.3. The Bertz CT molecular complexity index is 306. The molecule has 0 rings (SSSR count). The zero-order chi connectivity index (χ0) is 12.1. The van der Waals surface area contributed by atoms with Gasteiger partial charge in [-0.2, -0.15) is 8.42 Å². The number of hydrogen-bond acceptors (Lipinski definition) is 3. The summed E-state index contributed by atoms with van der Waals surface area (Å²) in [5.41, 5.74) is 0. The van der Waals surface area contributed by atoms with E-state index in [2.05, 4.69) is 3.63 Å². The van der Waals surface area contributed by atoms with Crippen LogP contribution in [0.4, 0.5) is 0 Å². The summed E-state index contributed by atoms with van der Waals surface area (Å²) in [6.45, 7) is 3.39. The average molecular weight is 257 g/mol. The third-order valence-corrected chi connectivity index (χ3v) is 6.07. The molecule has 0 fully saturated rings. The first-order valence-electron chi connectivity index (χ1n) is 4.86. The Morgan fingerprint density at radius 1 is 1.27 bits per heavy atom. The van der Waals surface area contributed by atoms with Gasteiger partial charge < -0.3 is 0 Å². The zero-order valence-corrected chi connectivity index (χ0v) is 11.4. The van der Waals surface area contributed by atoms with Gasteiger partial charge in [-0.15, -0.1) is 0 Å². The Hall–Kier alpha value is -0.0700. The van der Waals surface area contributed by atoms with Gasteiger partial charge in [-0.25, -0.2) is 0 Å². The van der Waals surface area contributed by atoms with Crippen LogP contribution >= 0.6 is 10.3 Å². The standard InChI is InChI=1S/C9H20O4S2/c1-5-6-7-15(11,12)13-14(3,4)8-9(2)10/h5-8H2,1-4H3/p+1. The Morgan fingerprint density at radius 2 is 1.80 bits per heavy atom. The van der Waals surface area contributed by atoms with E-state index in [1.807, 2.05) is 6.92 Å². The molecule has 0 aliphatic heterocycles. The van der Waals surface area contributed by atoms with E-state index >= 15 is 0 Å². The van der Waals surface area contributed by atoms with E-state index in [0.29, 0.717) is 6.42 Å². The number of hydrogen-bond donors (Lipinski definition) is 0. The second-order valence-corrected chi connectivity index (χ2v) is 9.46. The molecular weight excluding hydrogens is 236 g/mol. The highest BCUT2D eigenvalue weighted by Crippen LogP contribution is 2.39. The summed E-state index contributed by atoms with van der Waals surface area (Å²) < 4.78 is 26.9. The van der Waals surface area contributed by atoms with E-state index in [9.17, 15) is 13.2 Å². The van der Waals surface area contributed by atoms with Crippen molar-refractivity contribution in [3.63, 3.8) is 0 Å². The van der Waals surface area contributed by atoms with E-state index in [-0.39, 0.29) is 17.3 Å². The molecule has 0 saturated carbocycles. The van der Waals surface area contributed by atoms with E-state index in [1.54, 1.807) is 12.5 Å². The summed E-state index contributed by atoms with van der Waals surface area (Å²) in [5, 5.41) is 0. The van der Waals surface area contributed by atoms with Gasteiger partial charge in [-0.1, -0.05) is 13.3 Å². The third kappa shape index (κ3) is 7.81. The van der Waals surface area contributed by atoms with Gasteiger partial charge in [-0.05, 0) is 23.7 Å². The highest BCUT2D eigenvalue weighted by Gasteiger charge is 2.28. The molecule has 0 spiro atoms. The van der Waals surface area contributed by atoms with Gasteiger partial charge in [0.05, 0.1) is 5.75 Å². The first-order chi connectivity index (χ1) is 6.68. The minimum atomic E-state index is -3.34. The van der Waals surface area contributed by atoms with Gasteiger partial charge in [0.1, 0.15) is 11.5 Å². The van der Waals surface area contributed by atoms with Crippen molar-refractivity contribution in [2.75, 3.05) is 24.0 Å². The second-order valence-electron chi connectivity index (χ2n) is 4.04. The third-order valence-electron chi connectivity index (χ3n) is 1.63. The van der Waals surface area contributed by atoms with Crippen LogP contribution in [0.25, 0.3) is 0 Å². The van der Waals surface area contributed by atoms with Crippen molar-refractivity contribution in [2.24, 2.45) is 0 Å². The summed E-state index contributed by atoms with van der Waals surface area (Å²) in [6.07, 6.45) is 4.95. The van der Waals surface area contributed by atoms with E-state index in [0.717, 1.165) is 6.42 Å². The number of carbonyl (C=O) groups is 1. The smallest absolute Gasteiger partial charge is 0.299 e. The topological polar surface area (TPSA) is 64.0 Å². The van der Waals surface area contributed by atoms with Gasteiger partial charge in [0.15, 0.2) is 0 Å². The molecule has 0 heterocycles. The molecule has 0 aromatic rings. The van der Waals surface area contributed by atoms with Crippen molar-refractivity contribution in [3.05, 3.63) is 0 Å². The molecule has 15 heavy (non-hydrogen) atoms. The van der Waals surface area contributed by atoms with Crippen LogP contribution in [0.5, 0.6) is 0 Å². The molecule has 0 bridgehead atoms. The van der Waals surface area contributed by atoms with Gasteiger partial charge >= 0.3 is 10.1 Å². The zero-order valence-electron chi connectivity index (χ0n) is 9.82. The van der Waals surface area contributed by atoms with Gasteiger partial charge in [0, 0.05) is 12.5 Å². The van der Waals surface area contributed by atoms with Crippen LogP contribution in [-0.2, 0) is 14.9 Å². The van der Waals surface area contributed by atoms with Crippen molar-refractivity contribution >= 4 is 26.2 Å². The number of rotatable bonds is 7. The Kier molecular flexibility index (Phi) is 5.84. The molecule has 92 valence electrons. The minimum absolute atomic E-state index is 0.00978. The quantitative estimate of drug-likeness (QED) is 0.516. The summed E-state index contributed by atoms with van der Waals surface area (Å²) >= 11 is 0. The second kappa shape index (κ2) is 5.86. The normalized spacial score (nSPS) is 13.9. The highest BCUT2D eigenvalue weighted by molar-refractivity contribution is 8.31. The maximum Gasteiger partial charge on any atom is 0.390 e. The van der Waals surface area contributed by atoms with E-state index in [1.165, 1.54) is 6.92 Å². The van der Waals surface area contributed by atoms with E-state index in [4.69, 9.17) is 0 Å². The maximum atomic E-state index is 11.5. The molecule has 0 aromatic carbocycles. The number of ketones is 1. The molecule has 4 nitrogen and oxygen atoms in total. The van der Waals surface area contributed by atoms with Crippen molar-refractivity contribution < 1.29 is 16.8 Å². The van der Waals surface area contributed by atoms with Gasteiger partial charge in [0.25, 0.3) is 0 Å². The molecule has 1 N–H and O–H groups in total. The molecule has 0 amide bonds.